The molecule has 0 atom stereocenters. The molecule has 132 valence electrons. The first-order chi connectivity index (χ1) is 12.0. The summed E-state index contributed by atoms with van der Waals surface area (Å²) in [5, 5.41) is 5.01. The van der Waals surface area contributed by atoms with Crippen LogP contribution >= 0.6 is 22.7 Å². The van der Waals surface area contributed by atoms with Gasteiger partial charge in [-0.15, -0.1) is 0 Å². The van der Waals surface area contributed by atoms with Gasteiger partial charge in [0.05, 0.1) is 27.0 Å². The molecule has 1 N–H and O–H groups in total. The number of amides is 1. The van der Waals surface area contributed by atoms with Crippen LogP contribution in [0.15, 0.2) is 6.07 Å². The lowest BCUT2D eigenvalue weighted by molar-refractivity contribution is -0.128. The van der Waals surface area contributed by atoms with Crippen LogP contribution in [0.3, 0.4) is 0 Å². The van der Waals surface area contributed by atoms with Gasteiger partial charge in [0.25, 0.3) is 0 Å². The van der Waals surface area contributed by atoms with E-state index in [4.69, 9.17) is 9.97 Å². The molecular weight excluding hydrogens is 354 g/mol. The quantitative estimate of drug-likeness (QED) is 0.758. The van der Waals surface area contributed by atoms with Crippen molar-refractivity contribution in [3.05, 3.63) is 11.6 Å². The fourth-order valence-electron chi connectivity index (χ4n) is 3.11. The lowest BCUT2D eigenvalue weighted by atomic mass is 10.2. The highest BCUT2D eigenvalue weighted by molar-refractivity contribution is 7.24. The maximum absolute atomic E-state index is 12.2. The summed E-state index contributed by atoms with van der Waals surface area (Å²) in [6.45, 7) is 4.16. The van der Waals surface area contributed by atoms with Gasteiger partial charge in [-0.25, -0.2) is 9.97 Å². The molecule has 1 aromatic carbocycles. The van der Waals surface area contributed by atoms with Gasteiger partial charge in [0, 0.05) is 32.7 Å². The van der Waals surface area contributed by atoms with Crippen molar-refractivity contribution in [1.82, 2.24) is 14.9 Å². The second-order valence-corrected chi connectivity index (χ2v) is 8.59. The number of hydrogen-bond donors (Lipinski definition) is 1. The van der Waals surface area contributed by atoms with Gasteiger partial charge >= 0.3 is 0 Å². The lowest BCUT2D eigenvalue weighted by Crippen LogP contribution is -2.32. The van der Waals surface area contributed by atoms with Crippen molar-refractivity contribution in [1.29, 1.82) is 0 Å². The first-order valence-electron chi connectivity index (χ1n) is 8.42. The Bertz CT molecular complexity index is 939. The van der Waals surface area contributed by atoms with E-state index in [0.717, 1.165) is 57.5 Å². The predicted molar refractivity (Wildman–Crippen MR) is 106 cm³/mol. The van der Waals surface area contributed by atoms with Crippen molar-refractivity contribution in [3.8, 4) is 0 Å². The molecule has 2 aromatic heterocycles. The standard InChI is InChI=1S/C17H21N5OS2/c1-10-14-11(8-12-15(10)20-17(25-12)21(2)3)24-16(19-14)18-9-13(23)22-6-4-5-7-22/h8H,4-7,9H2,1-3H3,(H,18,19). The molecule has 0 bridgehead atoms. The minimum Gasteiger partial charge on any atom is -0.354 e. The summed E-state index contributed by atoms with van der Waals surface area (Å²) in [6.07, 6.45) is 2.23. The number of likely N-dealkylation sites (tertiary alicyclic amines) is 1. The minimum absolute atomic E-state index is 0.159. The van der Waals surface area contributed by atoms with Crippen molar-refractivity contribution >= 4 is 59.3 Å². The van der Waals surface area contributed by atoms with E-state index in [0.29, 0.717) is 6.54 Å². The van der Waals surface area contributed by atoms with E-state index in [1.165, 1.54) is 4.70 Å². The van der Waals surface area contributed by atoms with E-state index in [-0.39, 0.29) is 5.91 Å². The molecular formula is C17H21N5OS2. The molecule has 4 rings (SSSR count). The largest absolute Gasteiger partial charge is 0.354 e. The molecule has 1 amide bonds. The van der Waals surface area contributed by atoms with Crippen LogP contribution in [0.1, 0.15) is 18.4 Å². The van der Waals surface area contributed by atoms with Gasteiger partial charge in [0.2, 0.25) is 5.91 Å². The maximum atomic E-state index is 12.2. The zero-order valence-corrected chi connectivity index (χ0v) is 16.3. The van der Waals surface area contributed by atoms with Crippen LogP contribution in [-0.2, 0) is 4.79 Å². The van der Waals surface area contributed by atoms with Crippen LogP contribution in [0.5, 0.6) is 0 Å². The average molecular weight is 376 g/mol. The molecule has 0 spiro atoms. The maximum Gasteiger partial charge on any atom is 0.241 e. The van der Waals surface area contributed by atoms with Crippen molar-refractivity contribution < 1.29 is 4.79 Å². The Morgan fingerprint density at radius 2 is 1.88 bits per heavy atom. The van der Waals surface area contributed by atoms with Gasteiger partial charge in [0.1, 0.15) is 0 Å². The Kier molecular flexibility index (Phi) is 4.24. The van der Waals surface area contributed by atoms with Crippen molar-refractivity contribution in [3.63, 3.8) is 0 Å². The fourth-order valence-corrected chi connectivity index (χ4v) is 5.14. The minimum atomic E-state index is 0.159. The second-order valence-electron chi connectivity index (χ2n) is 6.55. The van der Waals surface area contributed by atoms with Crippen LogP contribution in [-0.4, -0.2) is 54.5 Å². The second kappa shape index (κ2) is 6.42. The first kappa shape index (κ1) is 16.5. The number of aromatic nitrogens is 2. The van der Waals surface area contributed by atoms with Crippen LogP contribution in [0.2, 0.25) is 0 Å². The summed E-state index contributed by atoms with van der Waals surface area (Å²) in [6, 6.07) is 2.16. The molecule has 3 heterocycles. The summed E-state index contributed by atoms with van der Waals surface area (Å²) < 4.78 is 2.31. The number of fused-ring (bicyclic) bond motifs is 2. The number of carbonyl (C=O) groups excluding carboxylic acids is 1. The molecule has 1 fully saturated rings. The fraction of sp³-hybridized carbons (Fsp3) is 0.471. The number of benzene rings is 1. The number of nitrogens with zero attached hydrogens (tertiary/aromatic N) is 4. The molecule has 25 heavy (non-hydrogen) atoms. The van der Waals surface area contributed by atoms with Crippen molar-refractivity contribution in [2.75, 3.05) is 43.9 Å². The van der Waals surface area contributed by atoms with Gasteiger partial charge < -0.3 is 15.1 Å². The van der Waals surface area contributed by atoms with Gasteiger partial charge in [-0.05, 0) is 25.8 Å². The Balaban J connectivity index is 1.59. The molecule has 6 nitrogen and oxygen atoms in total. The van der Waals surface area contributed by atoms with Crippen LogP contribution in [0.4, 0.5) is 10.3 Å². The highest BCUT2D eigenvalue weighted by Crippen LogP contribution is 2.37. The number of carbonyl (C=O) groups is 1. The molecule has 0 radical (unpaired) electrons. The number of thiazole rings is 2. The van der Waals surface area contributed by atoms with Gasteiger partial charge in [-0.1, -0.05) is 22.7 Å². The third-order valence-electron chi connectivity index (χ3n) is 4.50. The molecule has 0 saturated carbocycles. The number of hydrogen-bond acceptors (Lipinski definition) is 7. The van der Waals surface area contributed by atoms with Crippen LogP contribution in [0, 0.1) is 6.92 Å². The Hall–Kier alpha value is -1.93. The highest BCUT2D eigenvalue weighted by Gasteiger charge is 2.19. The third-order valence-corrected chi connectivity index (χ3v) is 6.63. The summed E-state index contributed by atoms with van der Waals surface area (Å²) in [5.74, 6) is 0.159. The molecule has 1 saturated heterocycles. The zero-order valence-electron chi connectivity index (χ0n) is 14.6. The predicted octanol–water partition coefficient (Wildman–Crippen LogP) is 3.31. The summed E-state index contributed by atoms with van der Waals surface area (Å²) in [7, 11) is 4.01. The van der Waals surface area contributed by atoms with Gasteiger partial charge in [-0.2, -0.15) is 0 Å². The van der Waals surface area contributed by atoms with E-state index in [2.05, 4.69) is 18.3 Å². The molecule has 1 aliphatic rings. The Labute approximate surface area is 154 Å². The molecule has 3 aromatic rings. The Morgan fingerprint density at radius 1 is 1.20 bits per heavy atom. The number of anilines is 2. The summed E-state index contributed by atoms with van der Waals surface area (Å²) in [4.78, 5) is 25.6. The number of aryl methyl sites for hydroxylation is 1. The Morgan fingerprint density at radius 3 is 2.60 bits per heavy atom. The van der Waals surface area contributed by atoms with Crippen LogP contribution < -0.4 is 10.2 Å². The first-order valence-corrected chi connectivity index (χ1v) is 10.1. The number of rotatable bonds is 4. The van der Waals surface area contributed by atoms with E-state index in [1.807, 2.05) is 23.9 Å². The lowest BCUT2D eigenvalue weighted by Gasteiger charge is -2.14. The molecule has 0 unspecified atom stereocenters. The van der Waals surface area contributed by atoms with E-state index in [1.54, 1.807) is 22.7 Å². The summed E-state index contributed by atoms with van der Waals surface area (Å²) >= 11 is 3.29. The SMILES string of the molecule is Cc1c2nc(NCC(=O)N3CCCC3)sc2cc2sc(N(C)C)nc12. The van der Waals surface area contributed by atoms with Gasteiger partial charge in [0.15, 0.2) is 10.3 Å². The summed E-state index contributed by atoms with van der Waals surface area (Å²) in [5.41, 5.74) is 3.10. The van der Waals surface area contributed by atoms with E-state index in [9.17, 15) is 4.79 Å². The highest BCUT2D eigenvalue weighted by atomic mass is 32.1. The zero-order chi connectivity index (χ0) is 17.6. The van der Waals surface area contributed by atoms with E-state index >= 15 is 0 Å². The molecule has 1 aliphatic heterocycles. The topological polar surface area (TPSA) is 61.4 Å². The smallest absolute Gasteiger partial charge is 0.241 e. The van der Waals surface area contributed by atoms with E-state index < -0.39 is 0 Å². The third kappa shape index (κ3) is 3.04. The number of nitrogens with one attached hydrogen (secondary N) is 1. The van der Waals surface area contributed by atoms with Gasteiger partial charge in [-0.3, -0.25) is 4.79 Å². The normalized spacial score (nSPS) is 14.6. The van der Waals surface area contributed by atoms with Crippen LogP contribution in [0.25, 0.3) is 20.4 Å². The molecule has 8 heteroatoms. The monoisotopic (exact) mass is 375 g/mol. The molecule has 0 aliphatic carbocycles. The van der Waals surface area contributed by atoms with Crippen molar-refractivity contribution in [2.45, 2.75) is 19.8 Å². The van der Waals surface area contributed by atoms with Crippen molar-refractivity contribution in [2.24, 2.45) is 0 Å². The average Bonchev–Trinajstić information content (AvgIpc) is 3.31.